The highest BCUT2D eigenvalue weighted by Crippen LogP contribution is 2.38. The minimum atomic E-state index is 0.297. The number of hydrogen-bond acceptors (Lipinski definition) is 2. The summed E-state index contributed by atoms with van der Waals surface area (Å²) in [5, 5.41) is 3.85. The molecule has 1 unspecified atom stereocenters. The van der Waals surface area contributed by atoms with Gasteiger partial charge in [-0.2, -0.15) is 0 Å². The van der Waals surface area contributed by atoms with Crippen LogP contribution in [0.25, 0.3) is 0 Å². The first kappa shape index (κ1) is 16.8. The fourth-order valence-electron chi connectivity index (χ4n) is 4.91. The maximum Gasteiger partial charge on any atom is 0.0576 e. The lowest BCUT2D eigenvalue weighted by molar-refractivity contribution is 0.129. The third kappa shape index (κ3) is 3.80. The molecule has 0 saturated carbocycles. The quantitative estimate of drug-likeness (QED) is 0.828. The summed E-state index contributed by atoms with van der Waals surface area (Å²) in [6.45, 7) is 1.10. The van der Waals surface area contributed by atoms with E-state index in [1.165, 1.54) is 43.2 Å². The van der Waals surface area contributed by atoms with Crippen LogP contribution in [-0.2, 0) is 0 Å². The molecule has 132 valence electrons. The van der Waals surface area contributed by atoms with E-state index >= 15 is 0 Å². The summed E-state index contributed by atoms with van der Waals surface area (Å²) in [5.41, 5.74) is 2.72. The van der Waals surface area contributed by atoms with Crippen molar-refractivity contribution in [2.24, 2.45) is 5.92 Å². The first-order valence-electron chi connectivity index (χ1n) is 9.86. The average Bonchev–Trinajstić information content (AvgIpc) is 2.87. The standard InChI is InChI=1S/C23H30N2/c1-25-21-12-13-22(25)17-18(16-21)14-15-24-23(19-8-4-2-5-9-19)20-10-6-3-7-11-20/h2-11,18,21-24H,12-17H2,1H3/t18?,21-,22+. The van der Waals surface area contributed by atoms with Gasteiger partial charge in [0.05, 0.1) is 6.04 Å². The van der Waals surface area contributed by atoms with Gasteiger partial charge in [0.1, 0.15) is 0 Å². The van der Waals surface area contributed by atoms with E-state index < -0.39 is 0 Å². The second-order valence-electron chi connectivity index (χ2n) is 7.89. The molecule has 2 fully saturated rings. The second-order valence-corrected chi connectivity index (χ2v) is 7.89. The highest BCUT2D eigenvalue weighted by molar-refractivity contribution is 5.31. The SMILES string of the molecule is CN1[C@@H]2CC[C@H]1CC(CCNC(c1ccccc1)c1ccccc1)C2. The normalized spacial score (nSPS) is 26.2. The number of rotatable bonds is 6. The zero-order valence-corrected chi connectivity index (χ0v) is 15.3. The molecule has 0 aliphatic carbocycles. The number of nitrogens with one attached hydrogen (secondary N) is 1. The maximum atomic E-state index is 3.85. The monoisotopic (exact) mass is 334 g/mol. The van der Waals surface area contributed by atoms with Gasteiger partial charge >= 0.3 is 0 Å². The summed E-state index contributed by atoms with van der Waals surface area (Å²) in [7, 11) is 2.33. The molecule has 2 saturated heterocycles. The van der Waals surface area contributed by atoms with E-state index in [9.17, 15) is 0 Å². The second kappa shape index (κ2) is 7.72. The van der Waals surface area contributed by atoms with Crippen molar-refractivity contribution < 1.29 is 0 Å². The molecule has 2 heteroatoms. The summed E-state index contributed by atoms with van der Waals surface area (Å²) >= 11 is 0. The lowest BCUT2D eigenvalue weighted by atomic mass is 9.88. The van der Waals surface area contributed by atoms with Crippen molar-refractivity contribution in [3.63, 3.8) is 0 Å². The molecule has 2 aromatic rings. The van der Waals surface area contributed by atoms with Crippen LogP contribution in [-0.4, -0.2) is 30.6 Å². The molecule has 0 aromatic heterocycles. The Labute approximate surface area is 152 Å². The Morgan fingerprint density at radius 1 is 0.880 bits per heavy atom. The zero-order valence-electron chi connectivity index (χ0n) is 15.3. The molecule has 25 heavy (non-hydrogen) atoms. The minimum Gasteiger partial charge on any atom is -0.306 e. The van der Waals surface area contributed by atoms with Gasteiger partial charge in [-0.25, -0.2) is 0 Å². The fraction of sp³-hybridized carbons (Fsp3) is 0.478. The maximum absolute atomic E-state index is 3.85. The number of nitrogens with zero attached hydrogens (tertiary/aromatic N) is 1. The Bertz CT molecular complexity index is 601. The summed E-state index contributed by atoms with van der Waals surface area (Å²) < 4.78 is 0. The molecule has 0 radical (unpaired) electrons. The summed E-state index contributed by atoms with van der Waals surface area (Å²) in [6.07, 6.45) is 6.94. The van der Waals surface area contributed by atoms with Gasteiger partial charge in [0.25, 0.3) is 0 Å². The van der Waals surface area contributed by atoms with E-state index in [2.05, 4.69) is 77.9 Å². The molecular formula is C23H30N2. The van der Waals surface area contributed by atoms with Gasteiger partial charge in [-0.05, 0) is 62.7 Å². The molecule has 3 atom stereocenters. The molecule has 2 aromatic carbocycles. The van der Waals surface area contributed by atoms with Crippen molar-refractivity contribution >= 4 is 0 Å². The molecule has 2 aliphatic rings. The number of fused-ring (bicyclic) bond motifs is 2. The zero-order chi connectivity index (χ0) is 17.1. The average molecular weight is 335 g/mol. The first-order chi connectivity index (χ1) is 12.3. The first-order valence-corrected chi connectivity index (χ1v) is 9.86. The number of hydrogen-bond donors (Lipinski definition) is 1. The Morgan fingerprint density at radius 3 is 1.92 bits per heavy atom. The Morgan fingerprint density at radius 2 is 1.40 bits per heavy atom. The number of benzene rings is 2. The molecule has 2 bridgehead atoms. The largest absolute Gasteiger partial charge is 0.306 e. The van der Waals surface area contributed by atoms with Gasteiger partial charge in [0.15, 0.2) is 0 Å². The molecule has 2 aliphatic heterocycles. The van der Waals surface area contributed by atoms with Gasteiger partial charge in [-0.15, -0.1) is 0 Å². The molecule has 2 nitrogen and oxygen atoms in total. The van der Waals surface area contributed by atoms with Crippen LogP contribution in [0.15, 0.2) is 60.7 Å². The van der Waals surface area contributed by atoms with Gasteiger partial charge in [-0.3, -0.25) is 0 Å². The summed E-state index contributed by atoms with van der Waals surface area (Å²) in [5.74, 6) is 0.897. The van der Waals surface area contributed by atoms with E-state index in [-0.39, 0.29) is 0 Å². The van der Waals surface area contributed by atoms with Gasteiger partial charge < -0.3 is 10.2 Å². The highest BCUT2D eigenvalue weighted by Gasteiger charge is 2.37. The van der Waals surface area contributed by atoms with Crippen LogP contribution in [0.2, 0.25) is 0 Å². The predicted octanol–water partition coefficient (Wildman–Crippen LogP) is 4.63. The van der Waals surface area contributed by atoms with Gasteiger partial charge in [0, 0.05) is 12.1 Å². The number of piperidine rings is 1. The van der Waals surface area contributed by atoms with E-state index in [0.717, 1.165) is 24.5 Å². The lowest BCUT2D eigenvalue weighted by Crippen LogP contribution is -2.40. The van der Waals surface area contributed by atoms with E-state index in [1.54, 1.807) is 0 Å². The van der Waals surface area contributed by atoms with Gasteiger partial charge in [-0.1, -0.05) is 60.7 Å². The molecule has 2 heterocycles. The van der Waals surface area contributed by atoms with Crippen molar-refractivity contribution in [2.45, 2.75) is 50.2 Å². The van der Waals surface area contributed by atoms with Crippen molar-refractivity contribution in [1.29, 1.82) is 0 Å². The third-order valence-corrected chi connectivity index (χ3v) is 6.36. The summed E-state index contributed by atoms with van der Waals surface area (Å²) in [4.78, 5) is 2.64. The molecule has 0 amide bonds. The fourth-order valence-corrected chi connectivity index (χ4v) is 4.91. The topological polar surface area (TPSA) is 15.3 Å². The smallest absolute Gasteiger partial charge is 0.0576 e. The third-order valence-electron chi connectivity index (χ3n) is 6.36. The molecule has 4 rings (SSSR count). The van der Waals surface area contributed by atoms with Crippen LogP contribution in [0, 0.1) is 5.92 Å². The minimum absolute atomic E-state index is 0.297. The molecule has 0 spiro atoms. The van der Waals surface area contributed by atoms with Crippen LogP contribution in [0.3, 0.4) is 0 Å². The van der Waals surface area contributed by atoms with Crippen molar-refractivity contribution in [3.8, 4) is 0 Å². The molecular weight excluding hydrogens is 304 g/mol. The van der Waals surface area contributed by atoms with Crippen LogP contribution >= 0.6 is 0 Å². The Kier molecular flexibility index (Phi) is 5.19. The van der Waals surface area contributed by atoms with Crippen LogP contribution in [0.4, 0.5) is 0 Å². The van der Waals surface area contributed by atoms with Crippen LogP contribution < -0.4 is 5.32 Å². The summed E-state index contributed by atoms with van der Waals surface area (Å²) in [6, 6.07) is 23.7. The Hall–Kier alpha value is -1.64. The van der Waals surface area contributed by atoms with Gasteiger partial charge in [0.2, 0.25) is 0 Å². The van der Waals surface area contributed by atoms with Crippen LogP contribution in [0.1, 0.15) is 49.3 Å². The van der Waals surface area contributed by atoms with Crippen molar-refractivity contribution in [1.82, 2.24) is 10.2 Å². The Balaban J connectivity index is 1.39. The highest BCUT2D eigenvalue weighted by atomic mass is 15.2. The van der Waals surface area contributed by atoms with Crippen molar-refractivity contribution in [2.75, 3.05) is 13.6 Å². The van der Waals surface area contributed by atoms with Crippen LogP contribution in [0.5, 0.6) is 0 Å². The van der Waals surface area contributed by atoms with E-state index in [1.807, 2.05) is 0 Å². The lowest BCUT2D eigenvalue weighted by Gasteiger charge is -2.36. The molecule has 1 N–H and O–H groups in total. The predicted molar refractivity (Wildman–Crippen MR) is 105 cm³/mol. The van der Waals surface area contributed by atoms with Crippen molar-refractivity contribution in [3.05, 3.63) is 71.8 Å². The van der Waals surface area contributed by atoms with E-state index in [0.29, 0.717) is 6.04 Å². The van der Waals surface area contributed by atoms with E-state index in [4.69, 9.17) is 0 Å².